The average molecular weight is 237 g/mol. The highest BCUT2D eigenvalue weighted by atomic mass is 19.1. The molecule has 4 nitrogen and oxygen atoms in total. The van der Waals surface area contributed by atoms with Crippen molar-refractivity contribution in [1.29, 1.82) is 0 Å². The zero-order chi connectivity index (χ0) is 12.4. The molecule has 5 heteroatoms. The van der Waals surface area contributed by atoms with Crippen LogP contribution < -0.4 is 11.1 Å². The predicted molar refractivity (Wildman–Crippen MR) is 62.8 cm³/mol. The van der Waals surface area contributed by atoms with Crippen LogP contribution in [0, 0.1) is 17.7 Å². The first-order chi connectivity index (χ1) is 8.09. The molecule has 1 unspecified atom stereocenters. The molecule has 0 saturated heterocycles. The van der Waals surface area contributed by atoms with E-state index in [2.05, 4.69) is 17.2 Å². The molecular formula is C12H16FN3O. The minimum atomic E-state index is -0.746. The van der Waals surface area contributed by atoms with E-state index in [1.54, 1.807) is 0 Å². The number of carbonyl (C=O) groups excluding carboxylic acids is 1. The zero-order valence-corrected chi connectivity index (χ0v) is 9.74. The largest absolute Gasteiger partial charge is 0.381 e. The van der Waals surface area contributed by atoms with Gasteiger partial charge in [0.05, 0.1) is 5.56 Å². The Hall–Kier alpha value is -1.65. The lowest BCUT2D eigenvalue weighted by Gasteiger charge is -2.11. The van der Waals surface area contributed by atoms with Crippen LogP contribution in [-0.2, 0) is 0 Å². The average Bonchev–Trinajstić information content (AvgIpc) is 3.13. The number of hydrogen-bond acceptors (Lipinski definition) is 3. The second-order valence-corrected chi connectivity index (χ2v) is 4.58. The standard InChI is InChI=1S/C12H16FN3O/c1-7(8-2-3-8)6-16-12(17)9-4-5-15-11(14)10(9)13/h4-5,7-8H,2-3,6H2,1H3,(H2,14,15)(H,16,17). The third kappa shape index (κ3) is 2.72. The van der Waals surface area contributed by atoms with Crippen LogP contribution >= 0.6 is 0 Å². The van der Waals surface area contributed by atoms with E-state index in [4.69, 9.17) is 5.73 Å². The number of nitrogens with two attached hydrogens (primary N) is 1. The molecule has 2 rings (SSSR count). The van der Waals surface area contributed by atoms with Crippen LogP contribution in [0.1, 0.15) is 30.1 Å². The third-order valence-electron chi connectivity index (χ3n) is 3.17. The van der Waals surface area contributed by atoms with Crippen LogP contribution in [0.2, 0.25) is 0 Å². The fourth-order valence-electron chi connectivity index (χ4n) is 1.82. The summed E-state index contributed by atoms with van der Waals surface area (Å²) >= 11 is 0. The van der Waals surface area contributed by atoms with Crippen molar-refractivity contribution in [3.05, 3.63) is 23.6 Å². The van der Waals surface area contributed by atoms with E-state index in [1.165, 1.54) is 25.1 Å². The van der Waals surface area contributed by atoms with Gasteiger partial charge >= 0.3 is 0 Å². The minimum absolute atomic E-state index is 0.0412. The first kappa shape index (κ1) is 11.8. The van der Waals surface area contributed by atoms with Gasteiger partial charge in [-0.1, -0.05) is 6.92 Å². The van der Waals surface area contributed by atoms with E-state index in [0.29, 0.717) is 18.4 Å². The van der Waals surface area contributed by atoms with Gasteiger partial charge in [0.1, 0.15) is 0 Å². The monoisotopic (exact) mass is 237 g/mol. The molecular weight excluding hydrogens is 221 g/mol. The van der Waals surface area contributed by atoms with Crippen molar-refractivity contribution >= 4 is 11.7 Å². The molecule has 1 aromatic heterocycles. The highest BCUT2D eigenvalue weighted by Crippen LogP contribution is 2.36. The summed E-state index contributed by atoms with van der Waals surface area (Å²) in [7, 11) is 0. The molecule has 1 atom stereocenters. The second kappa shape index (κ2) is 4.69. The van der Waals surface area contributed by atoms with Crippen molar-refractivity contribution in [3.63, 3.8) is 0 Å². The summed E-state index contributed by atoms with van der Waals surface area (Å²) in [6, 6.07) is 1.34. The lowest BCUT2D eigenvalue weighted by molar-refractivity contribution is 0.0942. The number of anilines is 1. The van der Waals surface area contributed by atoms with E-state index in [1.807, 2.05) is 0 Å². The fourth-order valence-corrected chi connectivity index (χ4v) is 1.82. The Balaban J connectivity index is 1.96. The molecule has 1 aliphatic rings. The molecule has 0 radical (unpaired) electrons. The molecule has 1 amide bonds. The maximum Gasteiger partial charge on any atom is 0.254 e. The molecule has 0 aliphatic heterocycles. The molecule has 1 fully saturated rings. The van der Waals surface area contributed by atoms with Crippen molar-refractivity contribution < 1.29 is 9.18 Å². The van der Waals surface area contributed by atoms with Gasteiger partial charge in [-0.25, -0.2) is 9.37 Å². The molecule has 0 aromatic carbocycles. The first-order valence-corrected chi connectivity index (χ1v) is 5.77. The number of rotatable bonds is 4. The molecule has 0 bridgehead atoms. The van der Waals surface area contributed by atoms with Gasteiger partial charge in [-0.3, -0.25) is 4.79 Å². The number of pyridine rings is 1. The van der Waals surface area contributed by atoms with E-state index >= 15 is 0 Å². The van der Waals surface area contributed by atoms with E-state index < -0.39 is 11.7 Å². The van der Waals surface area contributed by atoms with Crippen molar-refractivity contribution in [3.8, 4) is 0 Å². The molecule has 1 aliphatic carbocycles. The number of nitrogens with one attached hydrogen (secondary N) is 1. The van der Waals surface area contributed by atoms with E-state index in [9.17, 15) is 9.18 Å². The van der Waals surface area contributed by atoms with Gasteiger partial charge < -0.3 is 11.1 Å². The zero-order valence-electron chi connectivity index (χ0n) is 9.74. The van der Waals surface area contributed by atoms with Gasteiger partial charge in [0, 0.05) is 12.7 Å². The summed E-state index contributed by atoms with van der Waals surface area (Å²) in [5, 5.41) is 2.73. The number of aromatic nitrogens is 1. The molecule has 1 heterocycles. The van der Waals surface area contributed by atoms with Gasteiger partial charge in [-0.05, 0) is 30.7 Å². The SMILES string of the molecule is CC(CNC(=O)c1ccnc(N)c1F)C1CC1. The molecule has 92 valence electrons. The Kier molecular flexibility index (Phi) is 3.26. The van der Waals surface area contributed by atoms with E-state index in [0.717, 1.165) is 0 Å². The summed E-state index contributed by atoms with van der Waals surface area (Å²) in [5.74, 6) is -0.259. The maximum absolute atomic E-state index is 13.5. The fraction of sp³-hybridized carbons (Fsp3) is 0.500. The topological polar surface area (TPSA) is 68.0 Å². The maximum atomic E-state index is 13.5. The molecule has 1 saturated carbocycles. The van der Waals surface area contributed by atoms with Crippen molar-refractivity contribution in [1.82, 2.24) is 10.3 Å². The predicted octanol–water partition coefficient (Wildman–Crippen LogP) is 1.58. The lowest BCUT2D eigenvalue weighted by Crippen LogP contribution is -2.29. The number of carbonyl (C=O) groups is 1. The highest BCUT2D eigenvalue weighted by molar-refractivity contribution is 5.95. The lowest BCUT2D eigenvalue weighted by atomic mass is 10.1. The second-order valence-electron chi connectivity index (χ2n) is 4.58. The van der Waals surface area contributed by atoms with Gasteiger partial charge in [0.25, 0.3) is 5.91 Å². The Morgan fingerprint density at radius 3 is 3.06 bits per heavy atom. The summed E-state index contributed by atoms with van der Waals surface area (Å²) in [6.07, 6.45) is 3.79. The Morgan fingerprint density at radius 1 is 1.71 bits per heavy atom. The van der Waals surface area contributed by atoms with Gasteiger partial charge in [0.15, 0.2) is 11.6 Å². The number of hydrogen-bond donors (Lipinski definition) is 2. The van der Waals surface area contributed by atoms with Crippen LogP contribution in [-0.4, -0.2) is 17.4 Å². The number of halogens is 1. The third-order valence-corrected chi connectivity index (χ3v) is 3.17. The van der Waals surface area contributed by atoms with Gasteiger partial charge in [0.2, 0.25) is 0 Å². The Labute approximate surface area is 99.4 Å². The number of nitrogen functional groups attached to an aromatic ring is 1. The highest BCUT2D eigenvalue weighted by Gasteiger charge is 2.28. The van der Waals surface area contributed by atoms with Gasteiger partial charge in [-0.2, -0.15) is 0 Å². The van der Waals surface area contributed by atoms with Crippen molar-refractivity contribution in [2.45, 2.75) is 19.8 Å². The van der Waals surface area contributed by atoms with Crippen LogP contribution in [0.25, 0.3) is 0 Å². The Morgan fingerprint density at radius 2 is 2.41 bits per heavy atom. The molecule has 0 spiro atoms. The molecule has 3 N–H and O–H groups in total. The smallest absolute Gasteiger partial charge is 0.254 e. The first-order valence-electron chi connectivity index (χ1n) is 5.77. The van der Waals surface area contributed by atoms with Crippen LogP contribution in [0.15, 0.2) is 12.3 Å². The molecule has 1 aromatic rings. The van der Waals surface area contributed by atoms with E-state index in [-0.39, 0.29) is 11.4 Å². The summed E-state index contributed by atoms with van der Waals surface area (Å²) in [4.78, 5) is 15.3. The Bertz CT molecular complexity index is 432. The summed E-state index contributed by atoms with van der Waals surface area (Å²) in [5.41, 5.74) is 5.27. The number of amides is 1. The van der Waals surface area contributed by atoms with Gasteiger partial charge in [-0.15, -0.1) is 0 Å². The summed E-state index contributed by atoms with van der Waals surface area (Å²) < 4.78 is 13.5. The number of nitrogens with zero attached hydrogens (tertiary/aromatic N) is 1. The quantitative estimate of drug-likeness (QED) is 0.835. The molecule has 17 heavy (non-hydrogen) atoms. The van der Waals surface area contributed by atoms with Crippen molar-refractivity contribution in [2.75, 3.05) is 12.3 Å². The minimum Gasteiger partial charge on any atom is -0.381 e. The van der Waals surface area contributed by atoms with Crippen LogP contribution in [0.3, 0.4) is 0 Å². The van der Waals surface area contributed by atoms with Crippen molar-refractivity contribution in [2.24, 2.45) is 11.8 Å². The summed E-state index contributed by atoms with van der Waals surface area (Å²) in [6.45, 7) is 2.67. The van der Waals surface area contributed by atoms with Crippen LogP contribution in [0.5, 0.6) is 0 Å². The van der Waals surface area contributed by atoms with Crippen LogP contribution in [0.4, 0.5) is 10.2 Å². The normalized spacial score (nSPS) is 16.6.